The zero-order valence-electron chi connectivity index (χ0n) is 14.6. The van der Waals surface area contributed by atoms with Gasteiger partial charge >= 0.3 is 0 Å². The largest absolute Gasteiger partial charge is 0.461 e. The molecule has 1 aliphatic heterocycles. The van der Waals surface area contributed by atoms with Crippen molar-refractivity contribution >= 4 is 5.91 Å². The first kappa shape index (κ1) is 17.7. The summed E-state index contributed by atoms with van der Waals surface area (Å²) in [5, 5.41) is 6.82. The Bertz CT molecular complexity index is 631. The smallest absolute Gasteiger partial charge is 0.238 e. The number of rotatable bonds is 8. The average Bonchev–Trinajstić information content (AvgIpc) is 3.24. The number of furan rings is 1. The highest BCUT2D eigenvalue weighted by Crippen LogP contribution is 2.16. The van der Waals surface area contributed by atoms with Crippen molar-refractivity contribution in [1.82, 2.24) is 20.4 Å². The van der Waals surface area contributed by atoms with Crippen LogP contribution in [0.4, 0.5) is 0 Å². The summed E-state index contributed by atoms with van der Waals surface area (Å²) >= 11 is 0. The van der Waals surface area contributed by atoms with Crippen LogP contribution in [-0.4, -0.2) is 47.1 Å². The maximum Gasteiger partial charge on any atom is 0.238 e. The summed E-state index contributed by atoms with van der Waals surface area (Å²) in [4.78, 5) is 18.7. The van der Waals surface area contributed by atoms with E-state index in [0.29, 0.717) is 30.3 Å². The summed E-state index contributed by atoms with van der Waals surface area (Å²) in [7, 11) is 0. The van der Waals surface area contributed by atoms with Crippen molar-refractivity contribution < 1.29 is 13.7 Å². The molecular weight excluding hydrogens is 320 g/mol. The summed E-state index contributed by atoms with van der Waals surface area (Å²) < 4.78 is 10.4. The van der Waals surface area contributed by atoms with Crippen molar-refractivity contribution in [1.29, 1.82) is 0 Å². The number of nitrogens with zero attached hydrogens (tertiary/aromatic N) is 3. The molecule has 7 heteroatoms. The summed E-state index contributed by atoms with van der Waals surface area (Å²) in [5.41, 5.74) is 0. The van der Waals surface area contributed by atoms with Crippen molar-refractivity contribution in [2.75, 3.05) is 26.2 Å². The van der Waals surface area contributed by atoms with Gasteiger partial charge in [-0.25, -0.2) is 0 Å². The van der Waals surface area contributed by atoms with E-state index in [0.717, 1.165) is 19.5 Å². The van der Waals surface area contributed by atoms with E-state index in [1.807, 2.05) is 0 Å². The zero-order valence-corrected chi connectivity index (χ0v) is 14.6. The molecule has 0 radical (unpaired) electrons. The lowest BCUT2D eigenvalue weighted by atomic mass is 10.2. The fourth-order valence-corrected chi connectivity index (χ4v) is 3.06. The number of likely N-dealkylation sites (tertiary alicyclic amines) is 1. The van der Waals surface area contributed by atoms with Gasteiger partial charge in [0.1, 0.15) is 0 Å². The maximum atomic E-state index is 11.9. The van der Waals surface area contributed by atoms with Gasteiger partial charge in [0, 0.05) is 19.4 Å². The lowest BCUT2D eigenvalue weighted by molar-refractivity contribution is -0.121. The van der Waals surface area contributed by atoms with Crippen LogP contribution in [0.1, 0.15) is 44.4 Å². The Kier molecular flexibility index (Phi) is 6.62. The number of nitrogens with one attached hydrogen (secondary N) is 1. The minimum absolute atomic E-state index is 0.0219. The van der Waals surface area contributed by atoms with Crippen LogP contribution < -0.4 is 5.32 Å². The van der Waals surface area contributed by atoms with Gasteiger partial charge in [0.15, 0.2) is 5.76 Å². The lowest BCUT2D eigenvalue weighted by Gasteiger charge is -2.19. The number of hydrogen-bond acceptors (Lipinski definition) is 6. The molecule has 0 spiro atoms. The summed E-state index contributed by atoms with van der Waals surface area (Å²) in [6.45, 7) is 4.18. The van der Waals surface area contributed by atoms with Crippen LogP contribution in [0.2, 0.25) is 0 Å². The fourth-order valence-electron chi connectivity index (χ4n) is 3.06. The molecular formula is C18H26N4O3. The van der Waals surface area contributed by atoms with Crippen LogP contribution in [0.3, 0.4) is 0 Å². The third-order valence-electron chi connectivity index (χ3n) is 4.45. The number of amides is 1. The highest BCUT2D eigenvalue weighted by Gasteiger charge is 2.12. The zero-order chi connectivity index (χ0) is 17.3. The average molecular weight is 346 g/mol. The second-order valence-corrected chi connectivity index (χ2v) is 6.45. The molecule has 7 nitrogen and oxygen atoms in total. The quantitative estimate of drug-likeness (QED) is 0.740. The Balaban J connectivity index is 1.30. The summed E-state index contributed by atoms with van der Waals surface area (Å²) in [5.74, 6) is 1.45. The summed E-state index contributed by atoms with van der Waals surface area (Å²) in [6, 6.07) is 3.54. The van der Waals surface area contributed by atoms with Crippen molar-refractivity contribution in [2.45, 2.75) is 44.9 Å². The van der Waals surface area contributed by atoms with Crippen molar-refractivity contribution in [2.24, 2.45) is 0 Å². The van der Waals surface area contributed by atoms with E-state index >= 15 is 0 Å². The normalized spacial score (nSPS) is 15.8. The highest BCUT2D eigenvalue weighted by molar-refractivity contribution is 5.75. The molecule has 0 bridgehead atoms. The second-order valence-electron chi connectivity index (χ2n) is 6.45. The molecule has 1 saturated heterocycles. The SMILES string of the molecule is O=C(CCc1nc(-c2ccco2)no1)NCCCN1CCCCCC1. The number of aryl methyl sites for hydroxylation is 1. The molecule has 0 aromatic carbocycles. The number of aromatic nitrogens is 2. The highest BCUT2D eigenvalue weighted by atomic mass is 16.5. The molecule has 0 saturated carbocycles. The van der Waals surface area contributed by atoms with Crippen LogP contribution in [-0.2, 0) is 11.2 Å². The first-order valence-corrected chi connectivity index (χ1v) is 9.17. The molecule has 1 amide bonds. The van der Waals surface area contributed by atoms with E-state index in [4.69, 9.17) is 8.94 Å². The molecule has 2 aromatic heterocycles. The first-order chi connectivity index (χ1) is 12.3. The molecule has 2 aromatic rings. The Morgan fingerprint density at radius 1 is 1.24 bits per heavy atom. The van der Waals surface area contributed by atoms with E-state index in [1.54, 1.807) is 18.4 Å². The van der Waals surface area contributed by atoms with Gasteiger partial charge in [-0.3, -0.25) is 4.79 Å². The van der Waals surface area contributed by atoms with E-state index < -0.39 is 0 Å². The molecule has 136 valence electrons. The predicted molar refractivity (Wildman–Crippen MR) is 92.9 cm³/mol. The Morgan fingerprint density at radius 2 is 2.08 bits per heavy atom. The monoisotopic (exact) mass is 346 g/mol. The van der Waals surface area contributed by atoms with E-state index in [2.05, 4.69) is 20.4 Å². The molecule has 0 unspecified atom stereocenters. The predicted octanol–water partition coefficient (Wildman–Crippen LogP) is 2.64. The van der Waals surface area contributed by atoms with Gasteiger partial charge in [-0.1, -0.05) is 18.0 Å². The fraction of sp³-hybridized carbons (Fsp3) is 0.611. The Morgan fingerprint density at radius 3 is 2.84 bits per heavy atom. The molecule has 25 heavy (non-hydrogen) atoms. The van der Waals surface area contributed by atoms with Crippen molar-refractivity contribution in [3.05, 3.63) is 24.3 Å². The number of carbonyl (C=O) groups excluding carboxylic acids is 1. The van der Waals surface area contributed by atoms with Crippen LogP contribution in [0, 0.1) is 0 Å². The number of carbonyl (C=O) groups is 1. The van der Waals surface area contributed by atoms with Crippen LogP contribution in [0.5, 0.6) is 0 Å². The van der Waals surface area contributed by atoms with Crippen LogP contribution in [0.25, 0.3) is 11.6 Å². The molecule has 1 N–H and O–H groups in total. The molecule has 1 aliphatic rings. The van der Waals surface area contributed by atoms with Gasteiger partial charge in [-0.2, -0.15) is 4.98 Å². The van der Waals surface area contributed by atoms with E-state index in [-0.39, 0.29) is 5.91 Å². The van der Waals surface area contributed by atoms with E-state index in [9.17, 15) is 4.79 Å². The van der Waals surface area contributed by atoms with E-state index in [1.165, 1.54) is 38.8 Å². The van der Waals surface area contributed by atoms with Gasteiger partial charge in [-0.05, 0) is 51.0 Å². The Labute approximate surface area is 147 Å². The van der Waals surface area contributed by atoms with Crippen molar-refractivity contribution in [3.63, 3.8) is 0 Å². The first-order valence-electron chi connectivity index (χ1n) is 9.17. The molecule has 3 heterocycles. The maximum absolute atomic E-state index is 11.9. The standard InChI is InChI=1S/C18H26N4O3/c23-16(19-10-6-13-22-11-3-1-2-4-12-22)8-9-17-20-18(21-25-17)15-7-5-14-24-15/h5,7,14H,1-4,6,8-13H2,(H,19,23). The molecule has 3 rings (SSSR count). The van der Waals surface area contributed by atoms with Gasteiger partial charge in [-0.15, -0.1) is 0 Å². The lowest BCUT2D eigenvalue weighted by Crippen LogP contribution is -2.30. The molecule has 0 atom stereocenters. The second kappa shape index (κ2) is 9.36. The topological polar surface area (TPSA) is 84.4 Å². The number of hydrogen-bond donors (Lipinski definition) is 1. The van der Waals surface area contributed by atoms with Gasteiger partial charge in [0.25, 0.3) is 0 Å². The minimum Gasteiger partial charge on any atom is -0.461 e. The Hall–Kier alpha value is -2.15. The molecule has 0 aliphatic carbocycles. The van der Waals surface area contributed by atoms with Gasteiger partial charge < -0.3 is 19.2 Å². The van der Waals surface area contributed by atoms with Crippen molar-refractivity contribution in [3.8, 4) is 11.6 Å². The molecule has 1 fully saturated rings. The third kappa shape index (κ3) is 5.70. The van der Waals surface area contributed by atoms with Crippen LogP contribution in [0.15, 0.2) is 27.3 Å². The summed E-state index contributed by atoms with van der Waals surface area (Å²) in [6.07, 6.45) is 8.65. The van der Waals surface area contributed by atoms with Gasteiger partial charge in [0.2, 0.25) is 17.6 Å². The van der Waals surface area contributed by atoms with Gasteiger partial charge in [0.05, 0.1) is 6.26 Å². The van der Waals surface area contributed by atoms with Crippen LogP contribution >= 0.6 is 0 Å². The minimum atomic E-state index is 0.0219. The third-order valence-corrected chi connectivity index (χ3v) is 4.45.